The first kappa shape index (κ1) is 16.5. The normalized spacial score (nSPS) is 10.4. The molecule has 8 heteroatoms. The molecule has 2 rings (SSSR count). The summed E-state index contributed by atoms with van der Waals surface area (Å²) in [6.07, 6.45) is 0. The highest BCUT2D eigenvalue weighted by Crippen LogP contribution is 2.17. The molecule has 2 heterocycles. The van der Waals surface area contributed by atoms with Crippen LogP contribution in [0.3, 0.4) is 0 Å². The molecule has 122 valence electrons. The predicted molar refractivity (Wildman–Crippen MR) is 80.1 cm³/mol. The standard InChI is InChI=1S/C15H17N3O5/c1-9-11(15(21)22-4)7-10(23-9)8-17(2)14(20)12-5-6-13(19)18(3)16-12/h5-7H,8H2,1-4H3. The van der Waals surface area contributed by atoms with E-state index in [1.807, 2.05) is 0 Å². The largest absolute Gasteiger partial charge is 0.465 e. The van der Waals surface area contributed by atoms with Gasteiger partial charge < -0.3 is 14.1 Å². The number of carbonyl (C=O) groups excluding carboxylic acids is 2. The first-order valence-corrected chi connectivity index (χ1v) is 6.81. The predicted octanol–water partition coefficient (Wildman–Crippen LogP) is 0.741. The van der Waals surface area contributed by atoms with Crippen molar-refractivity contribution in [3.05, 3.63) is 51.3 Å². The fraction of sp³-hybridized carbons (Fsp3) is 0.333. The van der Waals surface area contributed by atoms with Crippen molar-refractivity contribution in [2.75, 3.05) is 14.2 Å². The number of aryl methyl sites for hydroxylation is 2. The van der Waals surface area contributed by atoms with Crippen LogP contribution in [-0.4, -0.2) is 40.7 Å². The third-order valence-corrected chi connectivity index (χ3v) is 3.29. The monoisotopic (exact) mass is 319 g/mol. The fourth-order valence-corrected chi connectivity index (χ4v) is 2.05. The molecule has 0 saturated carbocycles. The lowest BCUT2D eigenvalue weighted by molar-refractivity contribution is 0.0598. The maximum atomic E-state index is 12.3. The number of ether oxygens (including phenoxy) is 1. The smallest absolute Gasteiger partial charge is 0.341 e. The molecular weight excluding hydrogens is 302 g/mol. The third kappa shape index (κ3) is 3.47. The molecule has 0 spiro atoms. The van der Waals surface area contributed by atoms with Crippen molar-refractivity contribution in [2.24, 2.45) is 7.05 Å². The number of nitrogens with zero attached hydrogens (tertiary/aromatic N) is 3. The first-order chi connectivity index (χ1) is 10.8. The summed E-state index contributed by atoms with van der Waals surface area (Å²) in [4.78, 5) is 36.5. The summed E-state index contributed by atoms with van der Waals surface area (Å²) in [6.45, 7) is 1.80. The Kier molecular flexibility index (Phi) is 4.63. The fourth-order valence-electron chi connectivity index (χ4n) is 2.05. The second-order valence-electron chi connectivity index (χ2n) is 5.02. The molecular formula is C15H17N3O5. The SMILES string of the molecule is COC(=O)c1cc(CN(C)C(=O)c2ccc(=O)n(C)n2)oc1C. The molecule has 0 bridgehead atoms. The number of aromatic nitrogens is 2. The van der Waals surface area contributed by atoms with E-state index in [9.17, 15) is 14.4 Å². The van der Waals surface area contributed by atoms with Crippen LogP contribution in [0.5, 0.6) is 0 Å². The molecule has 0 radical (unpaired) electrons. The van der Waals surface area contributed by atoms with Gasteiger partial charge in [0.2, 0.25) is 0 Å². The average Bonchev–Trinajstić information content (AvgIpc) is 2.88. The van der Waals surface area contributed by atoms with Gasteiger partial charge in [0.05, 0.1) is 13.7 Å². The van der Waals surface area contributed by atoms with Gasteiger partial charge in [-0.05, 0) is 19.1 Å². The van der Waals surface area contributed by atoms with E-state index in [1.165, 1.54) is 31.2 Å². The van der Waals surface area contributed by atoms with E-state index in [0.717, 1.165) is 4.68 Å². The van der Waals surface area contributed by atoms with Crippen molar-refractivity contribution in [3.8, 4) is 0 Å². The van der Waals surface area contributed by atoms with Crippen LogP contribution in [0.25, 0.3) is 0 Å². The van der Waals surface area contributed by atoms with Crippen LogP contribution >= 0.6 is 0 Å². The molecule has 0 N–H and O–H groups in total. The van der Waals surface area contributed by atoms with Crippen LogP contribution in [0, 0.1) is 6.92 Å². The molecule has 8 nitrogen and oxygen atoms in total. The van der Waals surface area contributed by atoms with E-state index >= 15 is 0 Å². The number of carbonyl (C=O) groups is 2. The van der Waals surface area contributed by atoms with Gasteiger partial charge in [0.15, 0.2) is 0 Å². The van der Waals surface area contributed by atoms with Crippen LogP contribution in [0.4, 0.5) is 0 Å². The van der Waals surface area contributed by atoms with Gasteiger partial charge >= 0.3 is 5.97 Å². The summed E-state index contributed by atoms with van der Waals surface area (Å²) in [5.41, 5.74) is 0.170. The van der Waals surface area contributed by atoms with Gasteiger partial charge in [-0.3, -0.25) is 9.59 Å². The molecule has 0 aromatic carbocycles. The summed E-state index contributed by atoms with van der Waals surface area (Å²) in [7, 11) is 4.33. The Labute approximate surface area is 132 Å². The Morgan fingerprint density at radius 2 is 2.09 bits per heavy atom. The lowest BCUT2D eigenvalue weighted by Gasteiger charge is -2.15. The third-order valence-electron chi connectivity index (χ3n) is 3.29. The quantitative estimate of drug-likeness (QED) is 0.772. The van der Waals surface area contributed by atoms with Gasteiger partial charge in [-0.1, -0.05) is 0 Å². The number of hydrogen-bond acceptors (Lipinski definition) is 6. The van der Waals surface area contributed by atoms with E-state index in [-0.39, 0.29) is 23.7 Å². The Balaban J connectivity index is 2.16. The van der Waals surface area contributed by atoms with Gasteiger partial charge in [-0.2, -0.15) is 5.10 Å². The molecule has 0 saturated heterocycles. The van der Waals surface area contributed by atoms with Crippen LogP contribution in [-0.2, 0) is 18.3 Å². The van der Waals surface area contributed by atoms with Crippen LogP contribution < -0.4 is 5.56 Å². The van der Waals surface area contributed by atoms with E-state index < -0.39 is 5.97 Å². The van der Waals surface area contributed by atoms with Crippen molar-refractivity contribution in [1.82, 2.24) is 14.7 Å². The molecule has 0 unspecified atom stereocenters. The van der Waals surface area contributed by atoms with Gasteiger partial charge in [-0.15, -0.1) is 0 Å². The van der Waals surface area contributed by atoms with E-state index in [1.54, 1.807) is 20.0 Å². The average molecular weight is 319 g/mol. The van der Waals surface area contributed by atoms with Gasteiger partial charge in [0.25, 0.3) is 11.5 Å². The molecule has 23 heavy (non-hydrogen) atoms. The van der Waals surface area contributed by atoms with E-state index in [0.29, 0.717) is 17.1 Å². The molecule has 0 fully saturated rings. The van der Waals surface area contributed by atoms with E-state index in [2.05, 4.69) is 9.84 Å². The zero-order valence-corrected chi connectivity index (χ0v) is 13.3. The summed E-state index contributed by atoms with van der Waals surface area (Å²) in [6, 6.07) is 4.19. The van der Waals surface area contributed by atoms with E-state index in [4.69, 9.17) is 4.42 Å². The lowest BCUT2D eigenvalue weighted by Crippen LogP contribution is -2.29. The first-order valence-electron chi connectivity index (χ1n) is 6.81. The molecule has 1 amide bonds. The molecule has 0 aliphatic rings. The molecule has 0 atom stereocenters. The van der Waals surface area contributed by atoms with Crippen LogP contribution in [0.1, 0.15) is 32.4 Å². The summed E-state index contributed by atoms with van der Waals surface area (Å²) in [5, 5.41) is 3.91. The number of hydrogen-bond donors (Lipinski definition) is 0. The number of furan rings is 1. The second kappa shape index (κ2) is 6.47. The minimum Gasteiger partial charge on any atom is -0.465 e. The summed E-state index contributed by atoms with van der Waals surface area (Å²) >= 11 is 0. The highest BCUT2D eigenvalue weighted by Gasteiger charge is 2.19. The Morgan fingerprint density at radius 3 is 2.70 bits per heavy atom. The highest BCUT2D eigenvalue weighted by atomic mass is 16.5. The zero-order chi connectivity index (χ0) is 17.1. The Hall–Kier alpha value is -2.90. The van der Waals surface area contributed by atoms with Crippen molar-refractivity contribution in [2.45, 2.75) is 13.5 Å². The topological polar surface area (TPSA) is 94.6 Å². The zero-order valence-electron chi connectivity index (χ0n) is 13.3. The molecule has 2 aromatic rings. The number of rotatable bonds is 4. The maximum absolute atomic E-state index is 12.3. The van der Waals surface area contributed by atoms with Crippen molar-refractivity contribution >= 4 is 11.9 Å². The second-order valence-corrected chi connectivity index (χ2v) is 5.02. The number of methoxy groups -OCH3 is 1. The molecule has 0 aliphatic heterocycles. The minimum absolute atomic E-state index is 0.145. The highest BCUT2D eigenvalue weighted by molar-refractivity contribution is 5.92. The number of esters is 1. The Bertz CT molecular complexity index is 806. The lowest BCUT2D eigenvalue weighted by atomic mass is 10.2. The van der Waals surface area contributed by atoms with Gasteiger partial charge in [0.1, 0.15) is 22.8 Å². The van der Waals surface area contributed by atoms with Crippen molar-refractivity contribution in [3.63, 3.8) is 0 Å². The van der Waals surface area contributed by atoms with Crippen molar-refractivity contribution < 1.29 is 18.7 Å². The molecule has 0 aliphatic carbocycles. The number of amides is 1. The van der Waals surface area contributed by atoms with Gasteiger partial charge in [0, 0.05) is 20.2 Å². The van der Waals surface area contributed by atoms with Crippen LogP contribution in [0.2, 0.25) is 0 Å². The van der Waals surface area contributed by atoms with Crippen LogP contribution in [0.15, 0.2) is 27.4 Å². The summed E-state index contributed by atoms with van der Waals surface area (Å²) < 4.78 is 11.2. The maximum Gasteiger partial charge on any atom is 0.341 e. The summed E-state index contributed by atoms with van der Waals surface area (Å²) in [5.74, 6) is 0.0111. The Morgan fingerprint density at radius 1 is 1.39 bits per heavy atom. The minimum atomic E-state index is -0.494. The molecule has 2 aromatic heterocycles. The van der Waals surface area contributed by atoms with Crippen molar-refractivity contribution in [1.29, 1.82) is 0 Å². The van der Waals surface area contributed by atoms with Gasteiger partial charge in [-0.25, -0.2) is 9.48 Å².